The van der Waals surface area contributed by atoms with E-state index >= 15 is 0 Å². The van der Waals surface area contributed by atoms with Crippen LogP contribution in [0.4, 0.5) is 0 Å². The second kappa shape index (κ2) is 7.95. The van der Waals surface area contributed by atoms with Gasteiger partial charge in [0.1, 0.15) is 0 Å². The number of amides is 1. The molecule has 0 aromatic carbocycles. The van der Waals surface area contributed by atoms with E-state index in [1.165, 1.54) is 33.6 Å². The Balaban J connectivity index is 1.94. The lowest BCUT2D eigenvalue weighted by atomic mass is 10.4. The number of fused-ring (bicyclic) bond motifs is 1. The van der Waals surface area contributed by atoms with Crippen molar-refractivity contribution in [2.45, 2.75) is 5.75 Å². The van der Waals surface area contributed by atoms with Crippen LogP contribution in [-0.4, -0.2) is 39.0 Å². The summed E-state index contributed by atoms with van der Waals surface area (Å²) in [5, 5.41) is 1.83. The molecular weight excluding hydrogens is 318 g/mol. The number of hydrogen-bond donors (Lipinski definition) is 0. The normalized spacial score (nSPS) is 10.5. The minimum atomic E-state index is -0.0897. The average molecular weight is 335 g/mol. The molecule has 1 amide bonds. The van der Waals surface area contributed by atoms with Crippen molar-refractivity contribution in [3.8, 4) is 0 Å². The Morgan fingerprint density at radius 3 is 2.82 bits per heavy atom. The van der Waals surface area contributed by atoms with Gasteiger partial charge in [-0.05, 0) is 0 Å². The average Bonchev–Trinajstić information content (AvgIpc) is 2.96. The van der Waals surface area contributed by atoms with Gasteiger partial charge in [0.05, 0.1) is 11.4 Å². The van der Waals surface area contributed by atoms with E-state index < -0.39 is 0 Å². The molecule has 0 N–H and O–H groups in total. The van der Waals surface area contributed by atoms with E-state index in [4.69, 9.17) is 0 Å². The summed E-state index contributed by atoms with van der Waals surface area (Å²) in [5.74, 6) is 0.900. The number of aromatic nitrogens is 2. The maximum atomic E-state index is 12.1. The summed E-state index contributed by atoms with van der Waals surface area (Å²) in [5.41, 5.74) is 0.609. The molecule has 0 bridgehead atoms. The van der Waals surface area contributed by atoms with Crippen LogP contribution in [0.25, 0.3) is 4.96 Å². The monoisotopic (exact) mass is 335 g/mol. The molecule has 116 valence electrons. The first-order valence-corrected chi connectivity index (χ1v) is 8.72. The van der Waals surface area contributed by atoms with Crippen molar-refractivity contribution in [2.75, 3.05) is 18.8 Å². The molecule has 0 radical (unpaired) electrons. The third kappa shape index (κ3) is 4.08. The fraction of sp³-hybridized carbons (Fsp3) is 0.267. The number of carbonyl (C=O) groups excluding carboxylic acids is 1. The Morgan fingerprint density at radius 2 is 2.14 bits per heavy atom. The molecule has 0 aliphatic heterocycles. The number of hydrogen-bond acceptors (Lipinski definition) is 5. The van der Waals surface area contributed by atoms with E-state index in [0.29, 0.717) is 35.3 Å². The molecule has 2 aromatic rings. The molecule has 2 rings (SSSR count). The first-order chi connectivity index (χ1) is 10.7. The zero-order valence-corrected chi connectivity index (χ0v) is 13.7. The molecule has 22 heavy (non-hydrogen) atoms. The summed E-state index contributed by atoms with van der Waals surface area (Å²) in [7, 11) is 0. The van der Waals surface area contributed by atoms with Crippen molar-refractivity contribution in [1.82, 2.24) is 14.3 Å². The van der Waals surface area contributed by atoms with E-state index in [1.807, 2.05) is 5.38 Å². The molecule has 0 saturated carbocycles. The van der Waals surface area contributed by atoms with Gasteiger partial charge in [0, 0.05) is 36.5 Å². The van der Waals surface area contributed by atoms with Crippen molar-refractivity contribution < 1.29 is 4.79 Å². The molecule has 7 heteroatoms. The number of rotatable bonds is 8. The van der Waals surface area contributed by atoms with E-state index in [2.05, 4.69) is 18.1 Å². The highest BCUT2D eigenvalue weighted by molar-refractivity contribution is 7.99. The van der Waals surface area contributed by atoms with Crippen molar-refractivity contribution >= 4 is 34.0 Å². The highest BCUT2D eigenvalue weighted by atomic mass is 32.2. The summed E-state index contributed by atoms with van der Waals surface area (Å²) in [4.78, 5) is 30.7. The van der Waals surface area contributed by atoms with Gasteiger partial charge < -0.3 is 4.90 Å². The Hall–Kier alpha value is -1.86. The molecule has 0 aliphatic carbocycles. The predicted molar refractivity (Wildman–Crippen MR) is 92.5 cm³/mol. The summed E-state index contributed by atoms with van der Waals surface area (Å²) in [6.07, 6.45) is 5.09. The van der Waals surface area contributed by atoms with Crippen LogP contribution >= 0.6 is 23.1 Å². The molecule has 0 fully saturated rings. The summed E-state index contributed by atoms with van der Waals surface area (Å²) >= 11 is 2.87. The van der Waals surface area contributed by atoms with Crippen molar-refractivity contribution in [1.29, 1.82) is 0 Å². The number of thiazole rings is 1. The Bertz CT molecular complexity index is 726. The molecule has 0 atom stereocenters. The van der Waals surface area contributed by atoms with Crippen molar-refractivity contribution in [3.05, 3.63) is 59.0 Å². The van der Waals surface area contributed by atoms with Gasteiger partial charge in [0.25, 0.3) is 5.56 Å². The van der Waals surface area contributed by atoms with E-state index in [0.717, 1.165) is 0 Å². The lowest BCUT2D eigenvalue weighted by Gasteiger charge is -2.18. The smallest absolute Gasteiger partial charge is 0.258 e. The van der Waals surface area contributed by atoms with E-state index in [1.54, 1.807) is 23.2 Å². The number of nitrogens with zero attached hydrogens (tertiary/aromatic N) is 3. The molecule has 2 heterocycles. The third-order valence-corrected chi connectivity index (χ3v) is 4.59. The zero-order chi connectivity index (χ0) is 15.9. The Labute approximate surface area is 137 Å². The molecule has 0 spiro atoms. The minimum absolute atomic E-state index is 0.0266. The van der Waals surface area contributed by atoms with Crippen LogP contribution < -0.4 is 5.56 Å². The summed E-state index contributed by atoms with van der Waals surface area (Å²) in [6.45, 7) is 8.30. The second-order valence-electron chi connectivity index (χ2n) is 4.51. The fourth-order valence-corrected chi connectivity index (χ4v) is 3.44. The van der Waals surface area contributed by atoms with Crippen LogP contribution in [0.3, 0.4) is 0 Å². The van der Waals surface area contributed by atoms with Gasteiger partial charge in [-0.25, -0.2) is 4.98 Å². The Kier molecular flexibility index (Phi) is 5.97. The van der Waals surface area contributed by atoms with Crippen LogP contribution in [0.1, 0.15) is 5.69 Å². The maximum absolute atomic E-state index is 12.1. The van der Waals surface area contributed by atoms with Crippen molar-refractivity contribution in [3.63, 3.8) is 0 Å². The summed E-state index contributed by atoms with van der Waals surface area (Å²) < 4.78 is 1.51. The van der Waals surface area contributed by atoms with Gasteiger partial charge in [0.2, 0.25) is 5.91 Å². The highest BCUT2D eigenvalue weighted by Gasteiger charge is 2.11. The largest absolute Gasteiger partial charge is 0.335 e. The first-order valence-electron chi connectivity index (χ1n) is 6.68. The van der Waals surface area contributed by atoms with Gasteiger partial charge in [0.15, 0.2) is 4.96 Å². The molecule has 5 nitrogen and oxygen atoms in total. The Morgan fingerprint density at radius 1 is 1.41 bits per heavy atom. The number of thioether (sulfide) groups is 1. The first kappa shape index (κ1) is 16.5. The lowest BCUT2D eigenvalue weighted by Crippen LogP contribution is -2.32. The molecule has 0 aliphatic rings. The minimum Gasteiger partial charge on any atom is -0.335 e. The molecule has 0 saturated heterocycles. The maximum Gasteiger partial charge on any atom is 0.258 e. The molecular formula is C15H17N3O2S2. The van der Waals surface area contributed by atoms with Gasteiger partial charge in [-0.1, -0.05) is 12.2 Å². The van der Waals surface area contributed by atoms with E-state index in [-0.39, 0.29) is 11.5 Å². The second-order valence-corrected chi connectivity index (χ2v) is 6.37. The SMILES string of the molecule is C=CCN(CC=C)C(=O)CSCc1cc(=O)n2ccsc2n1. The van der Waals surface area contributed by atoms with Crippen LogP contribution in [0.15, 0.2) is 47.7 Å². The van der Waals surface area contributed by atoms with Crippen LogP contribution in [0.2, 0.25) is 0 Å². The van der Waals surface area contributed by atoms with Crippen LogP contribution in [-0.2, 0) is 10.5 Å². The quantitative estimate of drug-likeness (QED) is 0.694. The van der Waals surface area contributed by atoms with Gasteiger partial charge in [-0.3, -0.25) is 14.0 Å². The van der Waals surface area contributed by atoms with Gasteiger partial charge >= 0.3 is 0 Å². The zero-order valence-electron chi connectivity index (χ0n) is 12.1. The van der Waals surface area contributed by atoms with Crippen LogP contribution in [0.5, 0.6) is 0 Å². The molecule has 0 unspecified atom stereocenters. The van der Waals surface area contributed by atoms with Crippen molar-refractivity contribution in [2.24, 2.45) is 0 Å². The number of carbonyl (C=O) groups is 1. The van der Waals surface area contributed by atoms with Gasteiger partial charge in [-0.2, -0.15) is 0 Å². The van der Waals surface area contributed by atoms with Gasteiger partial charge in [-0.15, -0.1) is 36.3 Å². The lowest BCUT2D eigenvalue weighted by molar-refractivity contribution is -0.127. The predicted octanol–water partition coefficient (Wildman–Crippen LogP) is 2.19. The topological polar surface area (TPSA) is 54.7 Å². The summed E-state index contributed by atoms with van der Waals surface area (Å²) in [6, 6.07) is 1.52. The highest BCUT2D eigenvalue weighted by Crippen LogP contribution is 2.13. The van der Waals surface area contributed by atoms with E-state index in [9.17, 15) is 9.59 Å². The third-order valence-electron chi connectivity index (χ3n) is 2.88. The fourth-order valence-electron chi connectivity index (χ4n) is 1.89. The standard InChI is InChI=1S/C15H17N3O2S2/c1-3-5-17(6-4-2)14(20)11-21-10-12-9-13(19)18-7-8-22-15(18)16-12/h3-4,7-9H,1-2,5-6,10-11H2. The van der Waals surface area contributed by atoms with Crippen LogP contribution in [0, 0.1) is 0 Å². The molecule has 2 aromatic heterocycles.